The highest BCUT2D eigenvalue weighted by Crippen LogP contribution is 2.18. The number of anilines is 1. The van der Waals surface area contributed by atoms with Crippen molar-refractivity contribution >= 4 is 27.7 Å². The molecule has 2 aromatic heterocycles. The number of rotatable bonds is 6. The molecule has 112 valence electrons. The second kappa shape index (κ2) is 7.21. The average molecular weight is 353 g/mol. The second-order valence-corrected chi connectivity index (χ2v) is 5.50. The summed E-state index contributed by atoms with van der Waals surface area (Å²) in [4.78, 5) is 16.5. The number of aryl methyl sites for hydroxylation is 1. The first-order chi connectivity index (χ1) is 10.1. The fourth-order valence-corrected chi connectivity index (χ4v) is 2.10. The largest absolute Gasteiger partial charge is 0.369 e. The van der Waals surface area contributed by atoms with Crippen LogP contribution in [-0.2, 0) is 6.54 Å². The van der Waals surface area contributed by atoms with E-state index in [-0.39, 0.29) is 5.91 Å². The maximum Gasteiger partial charge on any atom is 0.255 e. The van der Waals surface area contributed by atoms with Gasteiger partial charge in [-0.2, -0.15) is 0 Å². The van der Waals surface area contributed by atoms with E-state index in [0.717, 1.165) is 17.4 Å². The Balaban J connectivity index is 2.08. The quantitative estimate of drug-likeness (QED) is 0.835. The zero-order chi connectivity index (χ0) is 15.2. The van der Waals surface area contributed by atoms with Gasteiger partial charge in [0, 0.05) is 23.3 Å². The third-order valence-electron chi connectivity index (χ3n) is 2.75. The summed E-state index contributed by atoms with van der Waals surface area (Å²) in [7, 11) is 0. The van der Waals surface area contributed by atoms with Gasteiger partial charge in [0.25, 0.3) is 5.91 Å². The Morgan fingerprint density at radius 1 is 1.43 bits per heavy atom. The van der Waals surface area contributed by atoms with E-state index in [9.17, 15) is 4.79 Å². The van der Waals surface area contributed by atoms with E-state index in [2.05, 4.69) is 43.6 Å². The molecule has 6 nitrogen and oxygen atoms in total. The number of carbonyl (C=O) groups is 1. The maximum atomic E-state index is 12.3. The lowest BCUT2D eigenvalue weighted by molar-refractivity contribution is 0.0950. The van der Waals surface area contributed by atoms with Crippen LogP contribution in [0.15, 0.2) is 27.3 Å². The highest BCUT2D eigenvalue weighted by molar-refractivity contribution is 9.10. The van der Waals surface area contributed by atoms with E-state index < -0.39 is 0 Å². The summed E-state index contributed by atoms with van der Waals surface area (Å²) in [5.41, 5.74) is 1.19. The van der Waals surface area contributed by atoms with Crippen molar-refractivity contribution in [2.45, 2.75) is 26.8 Å². The van der Waals surface area contributed by atoms with Crippen LogP contribution in [0.5, 0.6) is 0 Å². The van der Waals surface area contributed by atoms with Gasteiger partial charge in [-0.25, -0.2) is 4.98 Å². The summed E-state index contributed by atoms with van der Waals surface area (Å²) in [5, 5.41) is 9.80. The maximum absolute atomic E-state index is 12.3. The van der Waals surface area contributed by atoms with E-state index in [1.165, 1.54) is 0 Å². The van der Waals surface area contributed by atoms with Crippen LogP contribution >= 0.6 is 15.9 Å². The van der Waals surface area contributed by atoms with Gasteiger partial charge in [0.2, 0.25) is 0 Å². The van der Waals surface area contributed by atoms with E-state index in [4.69, 9.17) is 4.52 Å². The van der Waals surface area contributed by atoms with Crippen molar-refractivity contribution in [1.29, 1.82) is 0 Å². The van der Waals surface area contributed by atoms with Crippen molar-refractivity contribution in [3.05, 3.63) is 39.8 Å². The number of aromatic nitrogens is 2. The fraction of sp³-hybridized carbons (Fsp3) is 0.357. The fourth-order valence-electron chi connectivity index (χ4n) is 1.76. The van der Waals surface area contributed by atoms with Crippen LogP contribution in [0.2, 0.25) is 0 Å². The molecule has 0 bridgehead atoms. The van der Waals surface area contributed by atoms with Crippen LogP contribution < -0.4 is 10.6 Å². The highest BCUT2D eigenvalue weighted by Gasteiger charge is 2.13. The third-order valence-corrected chi connectivity index (χ3v) is 3.18. The van der Waals surface area contributed by atoms with E-state index in [1.54, 1.807) is 18.3 Å². The van der Waals surface area contributed by atoms with Crippen molar-refractivity contribution in [2.75, 3.05) is 11.9 Å². The molecule has 0 atom stereocenters. The first kappa shape index (κ1) is 15.5. The van der Waals surface area contributed by atoms with Gasteiger partial charge in [0.15, 0.2) is 0 Å². The molecule has 2 rings (SSSR count). The Kier molecular flexibility index (Phi) is 5.32. The molecule has 7 heteroatoms. The lowest BCUT2D eigenvalue weighted by Crippen LogP contribution is -2.24. The van der Waals surface area contributed by atoms with Gasteiger partial charge in [-0.15, -0.1) is 0 Å². The summed E-state index contributed by atoms with van der Waals surface area (Å²) >= 11 is 3.33. The zero-order valence-corrected chi connectivity index (χ0v) is 13.5. The Bertz CT molecular complexity index is 627. The van der Waals surface area contributed by atoms with Crippen molar-refractivity contribution in [2.24, 2.45) is 0 Å². The molecule has 1 amide bonds. The Hall–Kier alpha value is -1.89. The predicted molar refractivity (Wildman–Crippen MR) is 83.1 cm³/mol. The normalized spacial score (nSPS) is 10.4. The average Bonchev–Trinajstić information content (AvgIpc) is 2.89. The molecule has 0 aliphatic carbocycles. The van der Waals surface area contributed by atoms with Gasteiger partial charge in [0.1, 0.15) is 17.3 Å². The number of hydrogen-bond acceptors (Lipinski definition) is 5. The number of pyridine rings is 1. The Morgan fingerprint density at radius 3 is 2.90 bits per heavy atom. The number of carbonyl (C=O) groups excluding carboxylic acids is 1. The Labute approximate surface area is 131 Å². The van der Waals surface area contributed by atoms with Crippen LogP contribution in [0, 0.1) is 6.92 Å². The molecule has 0 aliphatic rings. The van der Waals surface area contributed by atoms with E-state index in [1.807, 2.05) is 6.92 Å². The van der Waals surface area contributed by atoms with Gasteiger partial charge >= 0.3 is 0 Å². The second-order valence-electron chi connectivity index (χ2n) is 4.59. The number of nitrogens with zero attached hydrogens (tertiary/aromatic N) is 2. The molecule has 0 saturated carbocycles. The SMILES string of the molecule is CCCNc1ncc(Br)cc1C(=O)NCc1cc(C)on1. The molecule has 2 heterocycles. The lowest BCUT2D eigenvalue weighted by atomic mass is 10.2. The summed E-state index contributed by atoms with van der Waals surface area (Å²) in [5.74, 6) is 1.09. The summed E-state index contributed by atoms with van der Waals surface area (Å²) in [6, 6.07) is 3.53. The van der Waals surface area contributed by atoms with Crippen molar-refractivity contribution in [1.82, 2.24) is 15.5 Å². The first-order valence-electron chi connectivity index (χ1n) is 6.70. The highest BCUT2D eigenvalue weighted by atomic mass is 79.9. The topological polar surface area (TPSA) is 80.0 Å². The van der Waals surface area contributed by atoms with Crippen LogP contribution in [0.3, 0.4) is 0 Å². The molecular weight excluding hydrogens is 336 g/mol. The minimum atomic E-state index is -0.206. The van der Waals surface area contributed by atoms with Crippen LogP contribution in [0.25, 0.3) is 0 Å². The van der Waals surface area contributed by atoms with Gasteiger partial charge in [0.05, 0.1) is 12.1 Å². The van der Waals surface area contributed by atoms with Gasteiger partial charge < -0.3 is 15.2 Å². The van der Waals surface area contributed by atoms with E-state index in [0.29, 0.717) is 29.4 Å². The molecule has 21 heavy (non-hydrogen) atoms. The van der Waals surface area contributed by atoms with Crippen molar-refractivity contribution < 1.29 is 9.32 Å². The summed E-state index contributed by atoms with van der Waals surface area (Å²) < 4.78 is 5.72. The summed E-state index contributed by atoms with van der Waals surface area (Å²) in [6.07, 6.45) is 2.62. The molecular formula is C14H17BrN4O2. The number of hydrogen-bond donors (Lipinski definition) is 2. The van der Waals surface area contributed by atoms with Crippen LogP contribution in [-0.4, -0.2) is 22.6 Å². The summed E-state index contributed by atoms with van der Waals surface area (Å²) in [6.45, 7) is 4.94. The van der Waals surface area contributed by atoms with E-state index >= 15 is 0 Å². The molecule has 0 aliphatic heterocycles. The van der Waals surface area contributed by atoms with Crippen molar-refractivity contribution in [3.8, 4) is 0 Å². The lowest BCUT2D eigenvalue weighted by Gasteiger charge is -2.10. The first-order valence-corrected chi connectivity index (χ1v) is 7.49. The molecule has 0 saturated heterocycles. The molecule has 0 aromatic carbocycles. The zero-order valence-electron chi connectivity index (χ0n) is 11.9. The minimum Gasteiger partial charge on any atom is -0.369 e. The smallest absolute Gasteiger partial charge is 0.255 e. The molecule has 0 fully saturated rings. The molecule has 2 aromatic rings. The van der Waals surface area contributed by atoms with Gasteiger partial charge in [-0.1, -0.05) is 12.1 Å². The number of nitrogens with one attached hydrogen (secondary N) is 2. The third kappa shape index (κ3) is 4.29. The molecule has 2 N–H and O–H groups in total. The Morgan fingerprint density at radius 2 is 2.24 bits per heavy atom. The van der Waals surface area contributed by atoms with Crippen LogP contribution in [0.1, 0.15) is 35.2 Å². The monoisotopic (exact) mass is 352 g/mol. The standard InChI is InChI=1S/C14H17BrN4O2/c1-3-4-16-13-12(6-10(15)7-17-13)14(20)18-8-11-5-9(2)21-19-11/h5-7H,3-4,8H2,1-2H3,(H,16,17)(H,18,20). The number of halogens is 1. The number of amides is 1. The molecule has 0 spiro atoms. The molecule has 0 radical (unpaired) electrons. The van der Waals surface area contributed by atoms with Crippen LogP contribution in [0.4, 0.5) is 5.82 Å². The minimum absolute atomic E-state index is 0.206. The van der Waals surface area contributed by atoms with Gasteiger partial charge in [-0.05, 0) is 35.3 Å². The predicted octanol–water partition coefficient (Wildman–Crippen LogP) is 2.89. The van der Waals surface area contributed by atoms with Crippen molar-refractivity contribution in [3.63, 3.8) is 0 Å². The van der Waals surface area contributed by atoms with Gasteiger partial charge in [-0.3, -0.25) is 4.79 Å². The molecule has 0 unspecified atom stereocenters.